The molecule has 0 N–H and O–H groups in total. The molecule has 1 amide bonds. The van der Waals surface area contributed by atoms with E-state index in [1.54, 1.807) is 16.8 Å². The van der Waals surface area contributed by atoms with Gasteiger partial charge < -0.3 is 4.90 Å². The number of rotatable bonds is 2. The average molecular weight is 313 g/mol. The second-order valence-corrected chi connectivity index (χ2v) is 6.68. The highest BCUT2D eigenvalue weighted by Gasteiger charge is 2.28. The van der Waals surface area contributed by atoms with E-state index in [-0.39, 0.29) is 17.0 Å². The number of hydrogen-bond acceptors (Lipinski definition) is 3. The Morgan fingerprint density at radius 2 is 2.00 bits per heavy atom. The smallest absolute Gasteiger partial charge is 0.265 e. The van der Waals surface area contributed by atoms with Crippen LogP contribution in [0.25, 0.3) is 11.0 Å². The van der Waals surface area contributed by atoms with Crippen molar-refractivity contribution in [3.8, 4) is 0 Å². The lowest BCUT2D eigenvalue weighted by Crippen LogP contribution is -2.44. The molecule has 1 saturated heterocycles. The first-order valence-electron chi connectivity index (χ1n) is 8.29. The maximum absolute atomic E-state index is 12.9. The molecular formula is C18H23N3O2. The molecule has 0 aromatic carbocycles. The van der Waals surface area contributed by atoms with Crippen molar-refractivity contribution in [1.82, 2.24) is 14.5 Å². The van der Waals surface area contributed by atoms with E-state index in [1.165, 1.54) is 0 Å². The third-order valence-corrected chi connectivity index (χ3v) is 4.55. The Kier molecular flexibility index (Phi) is 4.20. The molecule has 0 aliphatic carbocycles. The number of nitrogens with zero attached hydrogens (tertiary/aromatic N) is 3. The van der Waals surface area contributed by atoms with E-state index in [9.17, 15) is 9.59 Å². The Morgan fingerprint density at radius 3 is 2.65 bits per heavy atom. The molecule has 0 saturated carbocycles. The van der Waals surface area contributed by atoms with Crippen LogP contribution < -0.4 is 5.56 Å². The van der Waals surface area contributed by atoms with E-state index in [2.05, 4.69) is 18.8 Å². The monoisotopic (exact) mass is 313 g/mol. The predicted molar refractivity (Wildman–Crippen MR) is 90.5 cm³/mol. The summed E-state index contributed by atoms with van der Waals surface area (Å²) in [6, 6.07) is 5.42. The van der Waals surface area contributed by atoms with Gasteiger partial charge in [-0.3, -0.25) is 14.2 Å². The number of pyridine rings is 2. The van der Waals surface area contributed by atoms with Crippen molar-refractivity contribution >= 4 is 16.9 Å². The number of likely N-dealkylation sites (tertiary alicyclic amines) is 1. The number of piperidine rings is 1. The molecule has 122 valence electrons. The summed E-state index contributed by atoms with van der Waals surface area (Å²) in [5.41, 5.74) is 0.653. The summed E-state index contributed by atoms with van der Waals surface area (Å²) in [6.45, 7) is 8.16. The second kappa shape index (κ2) is 6.14. The van der Waals surface area contributed by atoms with Gasteiger partial charge >= 0.3 is 0 Å². The SMILES string of the molecule is CCn1c(=O)c(C(=O)N2C[C@H](C)C[C@H](C)C2)cc2cccnc21. The average Bonchev–Trinajstić information content (AvgIpc) is 2.53. The molecule has 5 nitrogen and oxygen atoms in total. The predicted octanol–water partition coefficient (Wildman–Crippen LogP) is 2.53. The van der Waals surface area contributed by atoms with Crippen molar-refractivity contribution in [3.63, 3.8) is 0 Å². The number of amides is 1. The van der Waals surface area contributed by atoms with E-state index in [0.29, 0.717) is 24.0 Å². The van der Waals surface area contributed by atoms with Gasteiger partial charge in [0.1, 0.15) is 11.2 Å². The maximum atomic E-state index is 12.9. The minimum absolute atomic E-state index is 0.152. The fourth-order valence-electron chi connectivity index (χ4n) is 3.65. The summed E-state index contributed by atoms with van der Waals surface area (Å²) in [7, 11) is 0. The standard InChI is InChI=1S/C18H23N3O2/c1-4-21-16-14(6-5-7-19-16)9-15(18(21)23)17(22)20-10-12(2)8-13(3)11-20/h5-7,9,12-13H,4,8,10-11H2,1-3H3/t12-,13+. The van der Waals surface area contributed by atoms with Gasteiger partial charge in [-0.15, -0.1) is 0 Å². The summed E-state index contributed by atoms with van der Waals surface area (Å²) in [6.07, 6.45) is 2.80. The maximum Gasteiger partial charge on any atom is 0.265 e. The van der Waals surface area contributed by atoms with Crippen molar-refractivity contribution in [1.29, 1.82) is 0 Å². The van der Waals surface area contributed by atoms with Crippen LogP contribution in [0.15, 0.2) is 29.2 Å². The van der Waals surface area contributed by atoms with Crippen LogP contribution in [-0.2, 0) is 6.54 Å². The molecule has 2 atom stereocenters. The third kappa shape index (κ3) is 2.87. The quantitative estimate of drug-likeness (QED) is 0.856. The van der Waals surface area contributed by atoms with Crippen molar-refractivity contribution in [2.24, 2.45) is 11.8 Å². The van der Waals surface area contributed by atoms with Crippen LogP contribution in [0.5, 0.6) is 0 Å². The van der Waals surface area contributed by atoms with Gasteiger partial charge in [-0.2, -0.15) is 0 Å². The van der Waals surface area contributed by atoms with Crippen molar-refractivity contribution in [2.75, 3.05) is 13.1 Å². The van der Waals surface area contributed by atoms with Gasteiger partial charge in [0.05, 0.1) is 0 Å². The largest absolute Gasteiger partial charge is 0.338 e. The van der Waals surface area contributed by atoms with E-state index >= 15 is 0 Å². The highest BCUT2D eigenvalue weighted by atomic mass is 16.2. The Morgan fingerprint density at radius 1 is 1.30 bits per heavy atom. The lowest BCUT2D eigenvalue weighted by Gasteiger charge is -2.35. The third-order valence-electron chi connectivity index (χ3n) is 4.55. The fraction of sp³-hybridized carbons (Fsp3) is 0.500. The summed E-state index contributed by atoms with van der Waals surface area (Å²) in [5.74, 6) is 0.790. The highest BCUT2D eigenvalue weighted by molar-refractivity contribution is 5.97. The minimum Gasteiger partial charge on any atom is -0.338 e. The zero-order valence-corrected chi connectivity index (χ0v) is 14.0. The molecular weight excluding hydrogens is 290 g/mol. The molecule has 0 radical (unpaired) electrons. The van der Waals surface area contributed by atoms with Crippen LogP contribution in [0.1, 0.15) is 37.6 Å². The Hall–Kier alpha value is -2.17. The number of carbonyl (C=O) groups is 1. The van der Waals surface area contributed by atoms with Crippen LogP contribution in [0.3, 0.4) is 0 Å². The molecule has 3 rings (SSSR count). The first kappa shape index (κ1) is 15.7. The van der Waals surface area contributed by atoms with Gasteiger partial charge in [0.25, 0.3) is 11.5 Å². The lowest BCUT2D eigenvalue weighted by molar-refractivity contribution is 0.0621. The normalized spacial score (nSPS) is 21.6. The van der Waals surface area contributed by atoms with Gasteiger partial charge in [0.2, 0.25) is 0 Å². The number of fused-ring (bicyclic) bond motifs is 1. The lowest BCUT2D eigenvalue weighted by atomic mass is 9.91. The summed E-state index contributed by atoms with van der Waals surface area (Å²) in [4.78, 5) is 31.8. The Labute approximate surface area is 135 Å². The molecule has 5 heteroatoms. The molecule has 2 aromatic heterocycles. The zero-order chi connectivity index (χ0) is 16.6. The summed E-state index contributed by atoms with van der Waals surface area (Å²) < 4.78 is 1.58. The molecule has 1 fully saturated rings. The van der Waals surface area contributed by atoms with Gasteiger partial charge in [-0.05, 0) is 43.4 Å². The number of aromatic nitrogens is 2. The van der Waals surface area contributed by atoms with Crippen LogP contribution in [0, 0.1) is 11.8 Å². The van der Waals surface area contributed by atoms with Gasteiger partial charge in [0.15, 0.2) is 0 Å². The first-order valence-corrected chi connectivity index (χ1v) is 8.29. The Balaban J connectivity index is 2.07. The van der Waals surface area contributed by atoms with E-state index < -0.39 is 0 Å². The van der Waals surface area contributed by atoms with Crippen LogP contribution in [0.2, 0.25) is 0 Å². The van der Waals surface area contributed by atoms with E-state index in [4.69, 9.17) is 0 Å². The number of aryl methyl sites for hydroxylation is 1. The number of hydrogen-bond donors (Lipinski definition) is 0. The van der Waals surface area contributed by atoms with Crippen LogP contribution in [0.4, 0.5) is 0 Å². The molecule has 2 aromatic rings. The second-order valence-electron chi connectivity index (χ2n) is 6.68. The molecule has 0 spiro atoms. The molecule has 1 aliphatic rings. The minimum atomic E-state index is -0.241. The molecule has 1 aliphatic heterocycles. The Bertz CT molecular complexity index is 786. The van der Waals surface area contributed by atoms with Crippen LogP contribution in [-0.4, -0.2) is 33.4 Å². The van der Waals surface area contributed by atoms with Gasteiger partial charge in [-0.1, -0.05) is 13.8 Å². The highest BCUT2D eigenvalue weighted by Crippen LogP contribution is 2.22. The molecule has 3 heterocycles. The molecule has 0 bridgehead atoms. The van der Waals surface area contributed by atoms with Crippen LogP contribution >= 0.6 is 0 Å². The van der Waals surface area contributed by atoms with Crippen molar-refractivity contribution in [3.05, 3.63) is 40.3 Å². The van der Waals surface area contributed by atoms with Gasteiger partial charge in [0, 0.05) is 31.2 Å². The van der Waals surface area contributed by atoms with E-state index in [1.807, 2.05) is 24.0 Å². The van der Waals surface area contributed by atoms with Crippen molar-refractivity contribution in [2.45, 2.75) is 33.7 Å². The summed E-state index contributed by atoms with van der Waals surface area (Å²) in [5, 5.41) is 0.829. The summed E-state index contributed by atoms with van der Waals surface area (Å²) >= 11 is 0. The molecule has 0 unspecified atom stereocenters. The fourth-order valence-corrected chi connectivity index (χ4v) is 3.65. The van der Waals surface area contributed by atoms with Crippen molar-refractivity contribution < 1.29 is 4.79 Å². The van der Waals surface area contributed by atoms with Gasteiger partial charge in [-0.25, -0.2) is 4.98 Å². The zero-order valence-electron chi connectivity index (χ0n) is 14.0. The number of carbonyl (C=O) groups excluding carboxylic acids is 1. The molecule has 23 heavy (non-hydrogen) atoms. The first-order chi connectivity index (χ1) is 11.0. The topological polar surface area (TPSA) is 55.2 Å². The van der Waals surface area contributed by atoms with E-state index in [0.717, 1.165) is 24.9 Å².